The summed E-state index contributed by atoms with van der Waals surface area (Å²) in [5.41, 5.74) is 0.238. The molecule has 24 heavy (non-hydrogen) atoms. The highest BCUT2D eigenvalue weighted by Crippen LogP contribution is 2.52. The van der Waals surface area contributed by atoms with E-state index in [1.54, 1.807) is 36.6 Å². The van der Waals surface area contributed by atoms with E-state index in [-0.39, 0.29) is 16.9 Å². The van der Waals surface area contributed by atoms with E-state index in [9.17, 15) is 25.0 Å². The van der Waals surface area contributed by atoms with Crippen molar-refractivity contribution >= 4 is 34.7 Å². The van der Waals surface area contributed by atoms with Crippen molar-refractivity contribution in [3.05, 3.63) is 62.2 Å². The van der Waals surface area contributed by atoms with Crippen LogP contribution >= 0.6 is 11.8 Å². The van der Waals surface area contributed by atoms with Gasteiger partial charge < -0.3 is 5.32 Å². The van der Waals surface area contributed by atoms with Crippen LogP contribution in [-0.2, 0) is 4.79 Å². The third-order valence-corrected chi connectivity index (χ3v) is 4.69. The quantitative estimate of drug-likeness (QED) is 0.669. The molecule has 3 rings (SSSR count). The summed E-state index contributed by atoms with van der Waals surface area (Å²) in [6, 6.07) is 9.44. The van der Waals surface area contributed by atoms with E-state index < -0.39 is 26.7 Å². The molecule has 0 saturated heterocycles. The number of rotatable bonds is 4. The summed E-state index contributed by atoms with van der Waals surface area (Å²) < 4.78 is 0. The topological polar surface area (TPSA) is 115 Å². The molecule has 0 bridgehead atoms. The van der Waals surface area contributed by atoms with Crippen molar-refractivity contribution in [2.75, 3.05) is 11.6 Å². The molecule has 1 heterocycles. The van der Waals surface area contributed by atoms with Crippen LogP contribution in [0.4, 0.5) is 17.1 Å². The van der Waals surface area contributed by atoms with Crippen LogP contribution in [-0.4, -0.2) is 22.0 Å². The standard InChI is InChI=1S/C15H11N3O5S/c1-24-14-12-11(8-5-3-2-4-6-8)9(17(20)21)7-10(18(22)23)13(12)16-15(14)19/h2-7,14H,1H3,(H,16,19). The molecule has 2 aromatic carbocycles. The van der Waals surface area contributed by atoms with Gasteiger partial charge in [0.1, 0.15) is 10.9 Å². The van der Waals surface area contributed by atoms with Crippen LogP contribution in [0.2, 0.25) is 0 Å². The lowest BCUT2D eigenvalue weighted by Crippen LogP contribution is -2.09. The van der Waals surface area contributed by atoms with Crippen molar-refractivity contribution < 1.29 is 14.6 Å². The van der Waals surface area contributed by atoms with Gasteiger partial charge in [-0.1, -0.05) is 30.3 Å². The van der Waals surface area contributed by atoms with E-state index in [1.807, 2.05) is 0 Å². The second-order valence-electron chi connectivity index (χ2n) is 5.06. The average molecular weight is 345 g/mol. The van der Waals surface area contributed by atoms with Crippen molar-refractivity contribution in [3.63, 3.8) is 0 Å². The Bertz CT molecular complexity index is 869. The van der Waals surface area contributed by atoms with Crippen molar-refractivity contribution in [2.45, 2.75) is 5.25 Å². The van der Waals surface area contributed by atoms with Gasteiger partial charge in [0.15, 0.2) is 0 Å². The van der Waals surface area contributed by atoms with Gasteiger partial charge in [0.05, 0.1) is 21.5 Å². The molecular formula is C15H11N3O5S. The minimum atomic E-state index is -0.742. The molecule has 122 valence electrons. The molecule has 8 nitrogen and oxygen atoms in total. The lowest BCUT2D eigenvalue weighted by atomic mass is 9.94. The Labute approximate surface area is 140 Å². The van der Waals surface area contributed by atoms with E-state index >= 15 is 0 Å². The third kappa shape index (κ3) is 2.38. The lowest BCUT2D eigenvalue weighted by molar-refractivity contribution is -0.393. The van der Waals surface area contributed by atoms with Crippen molar-refractivity contribution in [3.8, 4) is 11.1 Å². The number of nitrogens with one attached hydrogen (secondary N) is 1. The molecule has 2 aromatic rings. The molecule has 9 heteroatoms. The Hall–Kier alpha value is -2.94. The van der Waals surface area contributed by atoms with Crippen molar-refractivity contribution in [1.29, 1.82) is 0 Å². The van der Waals surface area contributed by atoms with Gasteiger partial charge in [-0.25, -0.2) is 0 Å². The average Bonchev–Trinajstić information content (AvgIpc) is 2.89. The number of hydrogen-bond acceptors (Lipinski definition) is 6. The number of carbonyl (C=O) groups excluding carboxylic acids is 1. The van der Waals surface area contributed by atoms with Crippen LogP contribution < -0.4 is 5.32 Å². The maximum absolute atomic E-state index is 12.2. The van der Waals surface area contributed by atoms with Crippen LogP contribution in [0.1, 0.15) is 10.8 Å². The first-order chi connectivity index (χ1) is 11.5. The Morgan fingerprint density at radius 3 is 2.25 bits per heavy atom. The number of nitro benzene ring substituents is 2. The van der Waals surface area contributed by atoms with Crippen molar-refractivity contribution in [1.82, 2.24) is 0 Å². The van der Waals surface area contributed by atoms with Gasteiger partial charge >= 0.3 is 0 Å². The molecule has 0 aliphatic carbocycles. The number of amides is 1. The maximum atomic E-state index is 12.2. The van der Waals surface area contributed by atoms with Crippen LogP contribution in [0.3, 0.4) is 0 Å². The zero-order valence-electron chi connectivity index (χ0n) is 12.4. The molecule has 0 fully saturated rings. The smallest absolute Gasteiger partial charge is 0.300 e. The predicted octanol–water partition coefficient (Wildman–Crippen LogP) is 3.53. The largest absolute Gasteiger partial charge is 0.319 e. The van der Waals surface area contributed by atoms with Gasteiger partial charge in [0, 0.05) is 5.56 Å². The van der Waals surface area contributed by atoms with Crippen LogP contribution in [0.25, 0.3) is 11.1 Å². The highest BCUT2D eigenvalue weighted by Gasteiger charge is 2.41. The summed E-state index contributed by atoms with van der Waals surface area (Å²) in [7, 11) is 0. The Balaban J connectivity index is 2.44. The van der Waals surface area contributed by atoms with Crippen molar-refractivity contribution in [2.24, 2.45) is 0 Å². The predicted molar refractivity (Wildman–Crippen MR) is 90.1 cm³/mol. The fraction of sp³-hybridized carbons (Fsp3) is 0.133. The van der Waals surface area contributed by atoms with Gasteiger partial charge in [-0.05, 0) is 11.8 Å². The van der Waals surface area contributed by atoms with Crippen LogP contribution in [0, 0.1) is 20.2 Å². The summed E-state index contributed by atoms with van der Waals surface area (Å²) in [5, 5.41) is 24.6. The number of anilines is 1. The number of thioether (sulfide) groups is 1. The van der Waals surface area contributed by atoms with Gasteiger partial charge in [-0.3, -0.25) is 25.0 Å². The van der Waals surface area contributed by atoms with Crippen LogP contribution in [0.15, 0.2) is 36.4 Å². The third-order valence-electron chi connectivity index (χ3n) is 3.76. The molecule has 0 saturated carbocycles. The number of fused-ring (bicyclic) bond motifs is 1. The minimum Gasteiger partial charge on any atom is -0.319 e. The highest BCUT2D eigenvalue weighted by atomic mass is 32.2. The zero-order valence-corrected chi connectivity index (χ0v) is 13.2. The molecular weight excluding hydrogens is 334 g/mol. The Morgan fingerprint density at radius 2 is 1.71 bits per heavy atom. The fourth-order valence-corrected chi connectivity index (χ4v) is 3.55. The molecule has 1 atom stereocenters. The molecule has 1 aliphatic rings. The van der Waals surface area contributed by atoms with E-state index in [2.05, 4.69) is 5.32 Å². The molecule has 0 aromatic heterocycles. The summed E-state index contributed by atoms with van der Waals surface area (Å²) in [6.07, 6.45) is 1.68. The second-order valence-corrected chi connectivity index (χ2v) is 6.01. The first kappa shape index (κ1) is 15.9. The van der Waals surface area contributed by atoms with Gasteiger partial charge in [-0.15, -0.1) is 11.8 Å². The molecule has 1 unspecified atom stereocenters. The maximum Gasteiger partial charge on any atom is 0.300 e. The first-order valence-corrected chi connectivity index (χ1v) is 8.13. The molecule has 0 spiro atoms. The van der Waals surface area contributed by atoms with Gasteiger partial charge in [-0.2, -0.15) is 0 Å². The Kier molecular flexibility index (Phi) is 3.94. The van der Waals surface area contributed by atoms with E-state index in [0.717, 1.165) is 6.07 Å². The molecule has 1 N–H and O–H groups in total. The number of hydrogen-bond donors (Lipinski definition) is 1. The summed E-state index contributed by atoms with van der Waals surface area (Å²) in [5.74, 6) is -0.418. The van der Waals surface area contributed by atoms with E-state index in [4.69, 9.17) is 0 Å². The number of nitrogens with zero attached hydrogens (tertiary/aromatic N) is 2. The fourth-order valence-electron chi connectivity index (χ4n) is 2.81. The summed E-state index contributed by atoms with van der Waals surface area (Å²) in [6.45, 7) is 0. The molecule has 1 aliphatic heterocycles. The highest BCUT2D eigenvalue weighted by molar-refractivity contribution is 7.99. The van der Waals surface area contributed by atoms with E-state index in [1.165, 1.54) is 11.8 Å². The number of carbonyl (C=O) groups is 1. The monoisotopic (exact) mass is 345 g/mol. The second kappa shape index (κ2) is 5.93. The SMILES string of the molecule is CSC1C(=O)Nc2c([N+](=O)[O-])cc([N+](=O)[O-])c(-c3ccccc3)c21. The summed E-state index contributed by atoms with van der Waals surface area (Å²) >= 11 is 1.18. The minimum absolute atomic E-state index is 0.0359. The molecule has 1 amide bonds. The number of benzene rings is 2. The van der Waals surface area contributed by atoms with Crippen LogP contribution in [0.5, 0.6) is 0 Å². The lowest BCUT2D eigenvalue weighted by Gasteiger charge is -2.12. The Morgan fingerprint density at radius 1 is 1.08 bits per heavy atom. The van der Waals surface area contributed by atoms with E-state index in [0.29, 0.717) is 11.1 Å². The molecule has 0 radical (unpaired) electrons. The summed E-state index contributed by atoms with van der Waals surface area (Å²) in [4.78, 5) is 33.6. The normalized spacial score (nSPS) is 15.7. The van der Waals surface area contributed by atoms with Gasteiger partial charge in [0.2, 0.25) is 5.91 Å². The van der Waals surface area contributed by atoms with Gasteiger partial charge in [0.25, 0.3) is 11.4 Å². The zero-order chi connectivity index (χ0) is 17.4. The number of nitro groups is 2. The first-order valence-electron chi connectivity index (χ1n) is 6.84.